The number of rotatable bonds is 5. The van der Waals surface area contributed by atoms with Crippen LogP contribution in [0.1, 0.15) is 25.3 Å². The summed E-state index contributed by atoms with van der Waals surface area (Å²) in [6, 6.07) is 5.85. The Hall–Kier alpha value is -0.480. The van der Waals surface area contributed by atoms with Gasteiger partial charge in [0.05, 0.1) is 10.0 Å². The smallest absolute Gasteiger partial charge is 0.227 e. The van der Waals surface area contributed by atoms with Crippen molar-refractivity contribution < 1.29 is 4.79 Å². The molecule has 0 spiro atoms. The zero-order valence-corrected chi connectivity index (χ0v) is 13.6. The van der Waals surface area contributed by atoms with Crippen LogP contribution < -0.4 is 5.73 Å². The minimum Gasteiger partial charge on any atom is -0.335 e. The van der Waals surface area contributed by atoms with Gasteiger partial charge in [-0.2, -0.15) is 0 Å². The summed E-state index contributed by atoms with van der Waals surface area (Å²) in [7, 11) is 0. The summed E-state index contributed by atoms with van der Waals surface area (Å²) >= 11 is 11.9. The number of hydrogen-bond acceptors (Lipinski definition) is 2. The molecule has 0 saturated heterocycles. The van der Waals surface area contributed by atoms with E-state index in [9.17, 15) is 4.79 Å². The Bertz CT molecular complexity index is 477. The van der Waals surface area contributed by atoms with Crippen molar-refractivity contribution in [2.75, 3.05) is 6.54 Å². The lowest BCUT2D eigenvalue weighted by molar-refractivity contribution is -0.135. The number of hydrogen-bond donors (Lipinski definition) is 1. The lowest BCUT2D eigenvalue weighted by Gasteiger charge is -2.25. The van der Waals surface area contributed by atoms with Crippen molar-refractivity contribution in [1.82, 2.24) is 4.90 Å². The maximum absolute atomic E-state index is 12.3. The molecule has 1 aliphatic carbocycles. The van der Waals surface area contributed by atoms with E-state index in [4.69, 9.17) is 28.9 Å². The summed E-state index contributed by atoms with van der Waals surface area (Å²) < 4.78 is 0. The third-order valence-electron chi connectivity index (χ3n) is 3.38. The zero-order valence-electron chi connectivity index (χ0n) is 11.3. The molecule has 20 heavy (non-hydrogen) atoms. The Balaban J connectivity index is 0.00000200. The van der Waals surface area contributed by atoms with Crippen molar-refractivity contribution in [2.24, 2.45) is 11.7 Å². The zero-order chi connectivity index (χ0) is 14.0. The second kappa shape index (κ2) is 7.51. The van der Waals surface area contributed by atoms with E-state index in [1.54, 1.807) is 6.07 Å². The van der Waals surface area contributed by atoms with Gasteiger partial charge in [0.1, 0.15) is 0 Å². The summed E-state index contributed by atoms with van der Waals surface area (Å²) in [6.07, 6.45) is 2.15. The quantitative estimate of drug-likeness (QED) is 0.894. The number of amides is 1. The van der Waals surface area contributed by atoms with E-state index in [0.29, 0.717) is 29.2 Å². The highest BCUT2D eigenvalue weighted by Gasteiger charge is 2.34. The Morgan fingerprint density at radius 3 is 2.55 bits per heavy atom. The molecule has 0 bridgehead atoms. The molecule has 1 aromatic carbocycles. The van der Waals surface area contributed by atoms with E-state index in [2.05, 4.69) is 0 Å². The Labute approximate surface area is 135 Å². The molecule has 0 aromatic heterocycles. The number of nitrogens with zero attached hydrogens (tertiary/aromatic N) is 1. The Morgan fingerprint density at radius 2 is 2.05 bits per heavy atom. The first-order valence-corrected chi connectivity index (χ1v) is 7.23. The molecule has 2 rings (SSSR count). The van der Waals surface area contributed by atoms with Crippen LogP contribution in [-0.2, 0) is 11.3 Å². The lowest BCUT2D eigenvalue weighted by atomic mass is 10.1. The molecule has 0 heterocycles. The fourth-order valence-corrected chi connectivity index (χ4v) is 2.31. The molecule has 1 saturated carbocycles. The number of halogens is 3. The molecule has 6 heteroatoms. The fourth-order valence-electron chi connectivity index (χ4n) is 1.99. The van der Waals surface area contributed by atoms with Crippen LogP contribution in [0.15, 0.2) is 18.2 Å². The van der Waals surface area contributed by atoms with E-state index in [-0.39, 0.29) is 24.2 Å². The highest BCUT2D eigenvalue weighted by atomic mass is 35.5. The Kier molecular flexibility index (Phi) is 6.59. The minimum atomic E-state index is -0.136. The second-order valence-corrected chi connectivity index (χ2v) is 5.90. The first-order chi connectivity index (χ1) is 9.02. The van der Waals surface area contributed by atoms with Gasteiger partial charge in [-0.25, -0.2) is 0 Å². The van der Waals surface area contributed by atoms with Crippen molar-refractivity contribution >= 4 is 41.5 Å². The molecule has 1 fully saturated rings. The first kappa shape index (κ1) is 17.6. The topological polar surface area (TPSA) is 46.3 Å². The van der Waals surface area contributed by atoms with Crippen LogP contribution in [0.5, 0.6) is 0 Å². The standard InChI is InChI=1S/C14H18Cl2N2O.ClH/c1-9(7-17)14(19)18(11-3-4-11)8-10-2-5-12(15)13(16)6-10;/h2,5-6,9,11H,3-4,7-8,17H2,1H3;1H. The molecule has 112 valence electrons. The molecule has 1 aliphatic rings. The van der Waals surface area contributed by atoms with Crippen LogP contribution in [0.2, 0.25) is 10.0 Å². The van der Waals surface area contributed by atoms with Gasteiger partial charge in [-0.1, -0.05) is 36.2 Å². The van der Waals surface area contributed by atoms with E-state index in [1.165, 1.54) is 0 Å². The molecule has 0 radical (unpaired) electrons. The number of carbonyl (C=O) groups is 1. The number of nitrogens with two attached hydrogens (primary N) is 1. The van der Waals surface area contributed by atoms with Gasteiger partial charge >= 0.3 is 0 Å². The van der Waals surface area contributed by atoms with Crippen LogP contribution in [0.4, 0.5) is 0 Å². The van der Waals surface area contributed by atoms with E-state index in [1.807, 2.05) is 24.0 Å². The van der Waals surface area contributed by atoms with Gasteiger partial charge in [0, 0.05) is 25.0 Å². The molecule has 0 aliphatic heterocycles. The van der Waals surface area contributed by atoms with Crippen LogP contribution in [0.25, 0.3) is 0 Å². The third kappa shape index (κ3) is 4.26. The minimum absolute atomic E-state index is 0. The summed E-state index contributed by atoms with van der Waals surface area (Å²) in [6.45, 7) is 2.82. The van der Waals surface area contributed by atoms with Crippen molar-refractivity contribution in [3.05, 3.63) is 33.8 Å². The molecule has 1 unspecified atom stereocenters. The maximum atomic E-state index is 12.3. The summed E-state index contributed by atoms with van der Waals surface area (Å²) in [4.78, 5) is 14.2. The van der Waals surface area contributed by atoms with Crippen LogP contribution in [0, 0.1) is 5.92 Å². The van der Waals surface area contributed by atoms with Gasteiger partial charge < -0.3 is 10.6 Å². The molecule has 1 amide bonds. The molecule has 3 nitrogen and oxygen atoms in total. The number of carbonyl (C=O) groups excluding carboxylic acids is 1. The number of benzene rings is 1. The highest BCUT2D eigenvalue weighted by Crippen LogP contribution is 2.31. The largest absolute Gasteiger partial charge is 0.335 e. The summed E-state index contributed by atoms with van der Waals surface area (Å²) in [5.74, 6) is -0.0144. The van der Waals surface area contributed by atoms with Gasteiger partial charge in [-0.3, -0.25) is 4.79 Å². The maximum Gasteiger partial charge on any atom is 0.227 e. The molecule has 2 N–H and O–H groups in total. The van der Waals surface area contributed by atoms with Crippen molar-refractivity contribution in [3.63, 3.8) is 0 Å². The van der Waals surface area contributed by atoms with Crippen LogP contribution in [-0.4, -0.2) is 23.4 Å². The lowest BCUT2D eigenvalue weighted by Crippen LogP contribution is -2.38. The van der Waals surface area contributed by atoms with Crippen LogP contribution >= 0.6 is 35.6 Å². The van der Waals surface area contributed by atoms with Crippen molar-refractivity contribution in [1.29, 1.82) is 0 Å². The second-order valence-electron chi connectivity index (χ2n) is 5.08. The van der Waals surface area contributed by atoms with Gasteiger partial charge in [0.25, 0.3) is 0 Å². The average Bonchev–Trinajstić information content (AvgIpc) is 3.22. The fraction of sp³-hybridized carbons (Fsp3) is 0.500. The molecular weight excluding hydrogens is 319 g/mol. The predicted octanol–water partition coefficient (Wildman–Crippen LogP) is 3.50. The molecule has 1 atom stereocenters. The van der Waals surface area contributed by atoms with Gasteiger partial charge in [0.2, 0.25) is 5.91 Å². The van der Waals surface area contributed by atoms with E-state index >= 15 is 0 Å². The normalized spacial score (nSPS) is 15.4. The highest BCUT2D eigenvalue weighted by molar-refractivity contribution is 6.42. The average molecular weight is 338 g/mol. The third-order valence-corrected chi connectivity index (χ3v) is 4.12. The predicted molar refractivity (Wildman–Crippen MR) is 85.5 cm³/mol. The Morgan fingerprint density at radius 1 is 1.40 bits per heavy atom. The van der Waals surface area contributed by atoms with Crippen LogP contribution in [0.3, 0.4) is 0 Å². The first-order valence-electron chi connectivity index (χ1n) is 6.47. The summed E-state index contributed by atoms with van der Waals surface area (Å²) in [5.41, 5.74) is 6.58. The van der Waals surface area contributed by atoms with Gasteiger partial charge in [0.15, 0.2) is 0 Å². The SMILES string of the molecule is CC(CN)C(=O)N(Cc1ccc(Cl)c(Cl)c1)C1CC1.Cl. The van der Waals surface area contributed by atoms with E-state index in [0.717, 1.165) is 18.4 Å². The van der Waals surface area contributed by atoms with Crippen molar-refractivity contribution in [2.45, 2.75) is 32.4 Å². The van der Waals surface area contributed by atoms with Gasteiger partial charge in [-0.05, 0) is 30.5 Å². The monoisotopic (exact) mass is 336 g/mol. The summed E-state index contributed by atoms with van der Waals surface area (Å²) in [5, 5.41) is 1.05. The van der Waals surface area contributed by atoms with Crippen molar-refractivity contribution in [3.8, 4) is 0 Å². The van der Waals surface area contributed by atoms with E-state index < -0.39 is 0 Å². The molecular formula is C14H19Cl3N2O. The van der Waals surface area contributed by atoms with Gasteiger partial charge in [-0.15, -0.1) is 12.4 Å². The molecule has 1 aromatic rings.